The standard InChI is InChI=1S/C19H22N2O2.ClH/c1-23-17-10-6-15(7-11-17)19(14-4-5-14)21-18(22)12-13-2-8-16(20)9-3-13;/h2-3,6-11,14,19H,4-5,12,20H2,1H3,(H,21,22);1H. The minimum atomic E-state index is 0. The highest BCUT2D eigenvalue weighted by molar-refractivity contribution is 5.85. The van der Waals surface area contributed by atoms with Gasteiger partial charge >= 0.3 is 0 Å². The third kappa shape index (κ3) is 4.65. The van der Waals surface area contributed by atoms with Crippen LogP contribution >= 0.6 is 12.4 Å². The van der Waals surface area contributed by atoms with Crippen LogP contribution in [0, 0.1) is 5.92 Å². The molecule has 1 amide bonds. The molecule has 0 spiro atoms. The van der Waals surface area contributed by atoms with Gasteiger partial charge in [0.15, 0.2) is 0 Å². The van der Waals surface area contributed by atoms with Crippen molar-refractivity contribution in [3.63, 3.8) is 0 Å². The van der Waals surface area contributed by atoms with E-state index < -0.39 is 0 Å². The Labute approximate surface area is 148 Å². The molecule has 0 saturated heterocycles. The molecule has 1 aliphatic rings. The van der Waals surface area contributed by atoms with E-state index in [-0.39, 0.29) is 24.4 Å². The Bertz CT molecular complexity index is 667. The van der Waals surface area contributed by atoms with Crippen molar-refractivity contribution >= 4 is 24.0 Å². The number of halogens is 1. The summed E-state index contributed by atoms with van der Waals surface area (Å²) in [5.41, 5.74) is 8.50. The number of nitrogens with two attached hydrogens (primary N) is 1. The molecule has 2 aromatic rings. The lowest BCUT2D eigenvalue weighted by molar-refractivity contribution is -0.121. The lowest BCUT2D eigenvalue weighted by Gasteiger charge is -2.19. The largest absolute Gasteiger partial charge is 0.497 e. The zero-order chi connectivity index (χ0) is 16.2. The number of amides is 1. The fourth-order valence-corrected chi connectivity index (χ4v) is 2.76. The number of rotatable bonds is 6. The molecule has 1 fully saturated rings. The van der Waals surface area contributed by atoms with Crippen molar-refractivity contribution in [3.05, 3.63) is 59.7 Å². The number of carbonyl (C=O) groups is 1. The maximum atomic E-state index is 12.4. The van der Waals surface area contributed by atoms with Crippen LogP contribution < -0.4 is 15.8 Å². The van der Waals surface area contributed by atoms with Gasteiger partial charge in [-0.05, 0) is 54.2 Å². The summed E-state index contributed by atoms with van der Waals surface area (Å²) in [6.07, 6.45) is 2.71. The second-order valence-corrected chi connectivity index (χ2v) is 6.07. The molecule has 0 aromatic heterocycles. The highest BCUT2D eigenvalue weighted by Crippen LogP contribution is 2.41. The quantitative estimate of drug-likeness (QED) is 0.787. The van der Waals surface area contributed by atoms with E-state index in [2.05, 4.69) is 5.32 Å². The number of nitrogen functional groups attached to an aromatic ring is 1. The van der Waals surface area contributed by atoms with Gasteiger partial charge in [-0.15, -0.1) is 12.4 Å². The van der Waals surface area contributed by atoms with Crippen LogP contribution in [0.3, 0.4) is 0 Å². The zero-order valence-corrected chi connectivity index (χ0v) is 14.5. The van der Waals surface area contributed by atoms with Crippen molar-refractivity contribution in [1.29, 1.82) is 0 Å². The maximum absolute atomic E-state index is 12.4. The van der Waals surface area contributed by atoms with Gasteiger partial charge in [0, 0.05) is 5.69 Å². The number of hydrogen-bond acceptors (Lipinski definition) is 3. The van der Waals surface area contributed by atoms with Crippen molar-refractivity contribution < 1.29 is 9.53 Å². The molecule has 1 saturated carbocycles. The second kappa shape index (κ2) is 8.06. The average Bonchev–Trinajstić information content (AvgIpc) is 3.40. The summed E-state index contributed by atoms with van der Waals surface area (Å²) in [7, 11) is 1.65. The third-order valence-corrected chi connectivity index (χ3v) is 4.23. The summed E-state index contributed by atoms with van der Waals surface area (Å²) < 4.78 is 5.20. The highest BCUT2D eigenvalue weighted by atomic mass is 35.5. The topological polar surface area (TPSA) is 64.3 Å². The van der Waals surface area contributed by atoms with E-state index in [1.165, 1.54) is 12.8 Å². The van der Waals surface area contributed by atoms with Gasteiger partial charge in [-0.2, -0.15) is 0 Å². The molecule has 1 unspecified atom stereocenters. The SMILES string of the molecule is COc1ccc(C(NC(=O)Cc2ccc(N)cc2)C2CC2)cc1.Cl. The van der Waals surface area contributed by atoms with E-state index in [1.54, 1.807) is 7.11 Å². The number of nitrogens with one attached hydrogen (secondary N) is 1. The fraction of sp³-hybridized carbons (Fsp3) is 0.316. The molecular formula is C19H23ClN2O2. The average molecular weight is 347 g/mol. The molecule has 128 valence electrons. The minimum Gasteiger partial charge on any atom is -0.497 e. The Hall–Kier alpha value is -2.20. The van der Waals surface area contributed by atoms with E-state index in [0.29, 0.717) is 18.0 Å². The minimum absolute atomic E-state index is 0. The molecule has 0 bridgehead atoms. The predicted molar refractivity (Wildman–Crippen MR) is 98.4 cm³/mol. The van der Waals surface area contributed by atoms with E-state index in [0.717, 1.165) is 16.9 Å². The zero-order valence-electron chi connectivity index (χ0n) is 13.7. The summed E-state index contributed by atoms with van der Waals surface area (Å²) in [5, 5.41) is 3.18. The molecular weight excluding hydrogens is 324 g/mol. The first kappa shape index (κ1) is 18.1. The molecule has 3 rings (SSSR count). The summed E-state index contributed by atoms with van der Waals surface area (Å²) in [5.74, 6) is 1.41. The number of hydrogen-bond donors (Lipinski definition) is 2. The lowest BCUT2D eigenvalue weighted by Crippen LogP contribution is -2.31. The van der Waals surface area contributed by atoms with Crippen LogP contribution in [0.2, 0.25) is 0 Å². The Morgan fingerprint density at radius 3 is 2.33 bits per heavy atom. The van der Waals surface area contributed by atoms with Gasteiger partial charge in [-0.3, -0.25) is 4.79 Å². The van der Waals surface area contributed by atoms with E-state index in [1.807, 2.05) is 48.5 Å². The Balaban J connectivity index is 0.00000208. The van der Waals surface area contributed by atoms with Crippen LogP contribution in [0.4, 0.5) is 5.69 Å². The molecule has 5 heteroatoms. The third-order valence-electron chi connectivity index (χ3n) is 4.23. The number of ether oxygens (including phenoxy) is 1. The first-order valence-electron chi connectivity index (χ1n) is 7.93. The van der Waals surface area contributed by atoms with Gasteiger partial charge < -0.3 is 15.8 Å². The number of carbonyl (C=O) groups excluding carboxylic acids is 1. The molecule has 1 aliphatic carbocycles. The summed E-state index contributed by atoms with van der Waals surface area (Å²) >= 11 is 0. The van der Waals surface area contributed by atoms with Gasteiger partial charge in [0.25, 0.3) is 0 Å². The molecule has 3 N–H and O–H groups in total. The van der Waals surface area contributed by atoms with E-state index in [9.17, 15) is 4.79 Å². The van der Waals surface area contributed by atoms with Gasteiger partial charge in [0.05, 0.1) is 19.6 Å². The number of methoxy groups -OCH3 is 1. The molecule has 2 aromatic carbocycles. The van der Waals surface area contributed by atoms with Gasteiger partial charge in [0.1, 0.15) is 5.75 Å². The molecule has 4 nitrogen and oxygen atoms in total. The van der Waals surface area contributed by atoms with Crippen molar-refractivity contribution in [1.82, 2.24) is 5.32 Å². The summed E-state index contributed by atoms with van der Waals surface area (Å²) in [6.45, 7) is 0. The number of benzene rings is 2. The normalized spacial score (nSPS) is 14.4. The Kier molecular flexibility index (Phi) is 6.10. The first-order valence-corrected chi connectivity index (χ1v) is 7.93. The van der Waals surface area contributed by atoms with Gasteiger partial charge in [-0.1, -0.05) is 24.3 Å². The van der Waals surface area contributed by atoms with Gasteiger partial charge in [0.2, 0.25) is 5.91 Å². The van der Waals surface area contributed by atoms with Crippen LogP contribution in [-0.2, 0) is 11.2 Å². The Morgan fingerprint density at radius 1 is 1.17 bits per heavy atom. The molecule has 0 aliphatic heterocycles. The van der Waals surface area contributed by atoms with Crippen LogP contribution in [-0.4, -0.2) is 13.0 Å². The van der Waals surface area contributed by atoms with Crippen molar-refractivity contribution in [2.75, 3.05) is 12.8 Å². The van der Waals surface area contributed by atoms with E-state index >= 15 is 0 Å². The van der Waals surface area contributed by atoms with E-state index in [4.69, 9.17) is 10.5 Å². The Morgan fingerprint density at radius 2 is 1.79 bits per heavy atom. The van der Waals surface area contributed by atoms with Crippen molar-refractivity contribution in [2.45, 2.75) is 25.3 Å². The summed E-state index contributed by atoms with van der Waals surface area (Å²) in [6, 6.07) is 15.5. The van der Waals surface area contributed by atoms with Gasteiger partial charge in [-0.25, -0.2) is 0 Å². The van der Waals surface area contributed by atoms with Crippen LogP contribution in [0.1, 0.15) is 30.0 Å². The molecule has 24 heavy (non-hydrogen) atoms. The molecule has 0 radical (unpaired) electrons. The second-order valence-electron chi connectivity index (χ2n) is 6.07. The smallest absolute Gasteiger partial charge is 0.224 e. The predicted octanol–water partition coefficient (Wildman–Crippen LogP) is 3.51. The van der Waals surface area contributed by atoms with Crippen molar-refractivity contribution in [3.8, 4) is 5.75 Å². The van der Waals surface area contributed by atoms with Crippen LogP contribution in [0.15, 0.2) is 48.5 Å². The van der Waals surface area contributed by atoms with Crippen molar-refractivity contribution in [2.24, 2.45) is 5.92 Å². The number of anilines is 1. The molecule has 0 heterocycles. The van der Waals surface area contributed by atoms with Crippen LogP contribution in [0.5, 0.6) is 5.75 Å². The lowest BCUT2D eigenvalue weighted by atomic mass is 10.0. The monoisotopic (exact) mass is 346 g/mol. The van der Waals surface area contributed by atoms with Crippen LogP contribution in [0.25, 0.3) is 0 Å². The maximum Gasteiger partial charge on any atom is 0.224 e. The highest BCUT2D eigenvalue weighted by Gasteiger charge is 2.33. The summed E-state index contributed by atoms with van der Waals surface area (Å²) in [4.78, 5) is 12.4. The first-order chi connectivity index (χ1) is 11.2. The fourth-order valence-electron chi connectivity index (χ4n) is 2.76. The molecule has 1 atom stereocenters.